The van der Waals surface area contributed by atoms with Crippen molar-refractivity contribution in [1.29, 1.82) is 0 Å². The van der Waals surface area contributed by atoms with Crippen molar-refractivity contribution in [3.05, 3.63) is 23.3 Å². The molecule has 2 unspecified atom stereocenters. The first-order valence-corrected chi connectivity index (χ1v) is 8.00. The van der Waals surface area contributed by atoms with Crippen LogP contribution in [0.2, 0.25) is 0 Å². The lowest BCUT2D eigenvalue weighted by Gasteiger charge is -2.42. The van der Waals surface area contributed by atoms with Gasteiger partial charge in [-0.25, -0.2) is 0 Å². The largest absolute Gasteiger partial charge is 0.383 e. The van der Waals surface area contributed by atoms with E-state index >= 15 is 0 Å². The normalized spacial score (nSPS) is 24.9. The van der Waals surface area contributed by atoms with E-state index < -0.39 is 0 Å². The van der Waals surface area contributed by atoms with Crippen molar-refractivity contribution in [2.24, 2.45) is 5.92 Å². The number of fused-ring (bicyclic) bond motifs is 1. The van der Waals surface area contributed by atoms with E-state index in [1.807, 2.05) is 7.11 Å². The van der Waals surface area contributed by atoms with Crippen LogP contribution >= 0.6 is 0 Å². The van der Waals surface area contributed by atoms with Crippen LogP contribution in [-0.4, -0.2) is 19.2 Å². The number of hydrogen-bond donors (Lipinski definition) is 2. The molecule has 118 valence electrons. The van der Waals surface area contributed by atoms with Crippen molar-refractivity contribution in [3.63, 3.8) is 0 Å². The summed E-state index contributed by atoms with van der Waals surface area (Å²) in [6, 6.07) is 5.35. The quantitative estimate of drug-likeness (QED) is 0.855. The molecule has 21 heavy (non-hydrogen) atoms. The average Bonchev–Trinajstić information content (AvgIpc) is 2.39. The lowest BCUT2D eigenvalue weighted by atomic mass is 9.79. The second kappa shape index (κ2) is 5.88. The Labute approximate surface area is 129 Å². The van der Waals surface area contributed by atoms with E-state index in [2.05, 4.69) is 64.3 Å². The zero-order chi connectivity index (χ0) is 15.8. The van der Waals surface area contributed by atoms with Crippen LogP contribution < -0.4 is 10.6 Å². The Hall–Kier alpha value is -1.22. The molecule has 1 aromatic carbocycles. The van der Waals surface area contributed by atoms with E-state index in [0.29, 0.717) is 18.0 Å². The summed E-state index contributed by atoms with van der Waals surface area (Å²) in [5.41, 5.74) is 4.75. The minimum absolute atomic E-state index is 0.227. The van der Waals surface area contributed by atoms with E-state index in [1.54, 1.807) is 0 Å². The fourth-order valence-corrected chi connectivity index (χ4v) is 3.17. The molecular weight excluding hydrogens is 260 g/mol. The Balaban J connectivity index is 2.49. The van der Waals surface area contributed by atoms with Crippen LogP contribution in [-0.2, 0) is 10.3 Å². The van der Waals surface area contributed by atoms with E-state index in [9.17, 15) is 0 Å². The van der Waals surface area contributed by atoms with Gasteiger partial charge in [0.15, 0.2) is 0 Å². The minimum Gasteiger partial charge on any atom is -0.383 e. The Bertz CT molecular complexity index is 510. The molecule has 1 aromatic rings. The van der Waals surface area contributed by atoms with Crippen molar-refractivity contribution in [2.45, 2.75) is 65.6 Å². The monoisotopic (exact) mass is 290 g/mol. The molecule has 3 heteroatoms. The van der Waals surface area contributed by atoms with E-state index in [-0.39, 0.29) is 5.60 Å². The maximum atomic E-state index is 5.93. The third-order valence-corrected chi connectivity index (χ3v) is 4.56. The molecule has 2 N–H and O–H groups in total. The molecule has 0 spiro atoms. The van der Waals surface area contributed by atoms with Gasteiger partial charge in [-0.05, 0) is 51.3 Å². The number of nitrogens with one attached hydrogen (secondary N) is 2. The molecule has 2 atom stereocenters. The Kier molecular flexibility index (Phi) is 4.52. The van der Waals surface area contributed by atoms with Crippen molar-refractivity contribution in [1.82, 2.24) is 0 Å². The highest BCUT2D eigenvalue weighted by molar-refractivity contribution is 5.68. The number of benzene rings is 1. The first-order valence-electron chi connectivity index (χ1n) is 8.00. The van der Waals surface area contributed by atoms with Crippen molar-refractivity contribution >= 4 is 11.4 Å². The fraction of sp³-hybridized carbons (Fsp3) is 0.667. The lowest BCUT2D eigenvalue weighted by Crippen LogP contribution is -2.42. The van der Waals surface area contributed by atoms with Gasteiger partial charge in [-0.2, -0.15) is 0 Å². The second-order valence-corrected chi connectivity index (χ2v) is 7.15. The van der Waals surface area contributed by atoms with Gasteiger partial charge in [-0.3, -0.25) is 0 Å². The standard InChI is InChI=1S/C18H30N2O/c1-11(2)16-10-18(6,21-7)15-9-14(19-12(3)4)8-13(5)17(15)20-16/h8-9,11-12,16,19-20H,10H2,1-7H3. The summed E-state index contributed by atoms with van der Waals surface area (Å²) in [6.45, 7) is 13.2. The van der Waals surface area contributed by atoms with Crippen molar-refractivity contribution in [3.8, 4) is 0 Å². The van der Waals surface area contributed by atoms with Gasteiger partial charge in [-0.1, -0.05) is 13.8 Å². The molecule has 2 rings (SSSR count). The van der Waals surface area contributed by atoms with Gasteiger partial charge in [0.2, 0.25) is 0 Å². The van der Waals surface area contributed by atoms with Crippen LogP contribution in [0, 0.1) is 12.8 Å². The molecule has 3 nitrogen and oxygen atoms in total. The maximum Gasteiger partial charge on any atom is 0.0939 e. The van der Waals surface area contributed by atoms with Gasteiger partial charge in [0.1, 0.15) is 0 Å². The van der Waals surface area contributed by atoms with Gasteiger partial charge < -0.3 is 15.4 Å². The molecule has 0 fully saturated rings. The number of anilines is 2. The summed E-state index contributed by atoms with van der Waals surface area (Å²) in [6.07, 6.45) is 0.999. The van der Waals surface area contributed by atoms with Gasteiger partial charge in [0.25, 0.3) is 0 Å². The number of hydrogen-bond acceptors (Lipinski definition) is 3. The van der Waals surface area contributed by atoms with Crippen LogP contribution in [0.3, 0.4) is 0 Å². The Morgan fingerprint density at radius 1 is 1.29 bits per heavy atom. The third-order valence-electron chi connectivity index (χ3n) is 4.56. The molecular formula is C18H30N2O. The summed E-state index contributed by atoms with van der Waals surface area (Å²) < 4.78 is 5.93. The van der Waals surface area contributed by atoms with Crippen LogP contribution in [0.5, 0.6) is 0 Å². The molecule has 0 bridgehead atoms. The summed E-state index contributed by atoms with van der Waals surface area (Å²) in [4.78, 5) is 0. The summed E-state index contributed by atoms with van der Waals surface area (Å²) >= 11 is 0. The number of rotatable bonds is 4. The van der Waals surface area contributed by atoms with Gasteiger partial charge in [0.05, 0.1) is 5.60 Å². The Morgan fingerprint density at radius 3 is 2.48 bits per heavy atom. The van der Waals surface area contributed by atoms with Gasteiger partial charge in [0, 0.05) is 42.6 Å². The fourth-order valence-electron chi connectivity index (χ4n) is 3.17. The van der Waals surface area contributed by atoms with Gasteiger partial charge >= 0.3 is 0 Å². The van der Waals surface area contributed by atoms with Crippen LogP contribution in [0.15, 0.2) is 12.1 Å². The summed E-state index contributed by atoms with van der Waals surface area (Å²) in [5, 5.41) is 7.24. The number of ether oxygens (including phenoxy) is 1. The van der Waals surface area contributed by atoms with E-state index in [4.69, 9.17) is 4.74 Å². The second-order valence-electron chi connectivity index (χ2n) is 7.15. The molecule has 0 amide bonds. The first kappa shape index (κ1) is 16.2. The number of methoxy groups -OCH3 is 1. The summed E-state index contributed by atoms with van der Waals surface area (Å²) in [7, 11) is 1.82. The maximum absolute atomic E-state index is 5.93. The van der Waals surface area contributed by atoms with E-state index in [0.717, 1.165) is 6.42 Å². The van der Waals surface area contributed by atoms with Gasteiger partial charge in [-0.15, -0.1) is 0 Å². The predicted octanol–water partition coefficient (Wildman–Crippen LogP) is 4.52. The molecule has 1 heterocycles. The molecule has 0 saturated heterocycles. The van der Waals surface area contributed by atoms with Crippen LogP contribution in [0.4, 0.5) is 11.4 Å². The van der Waals surface area contributed by atoms with E-state index in [1.165, 1.54) is 22.5 Å². The average molecular weight is 290 g/mol. The molecule has 0 aromatic heterocycles. The summed E-state index contributed by atoms with van der Waals surface area (Å²) in [5.74, 6) is 0.584. The van der Waals surface area contributed by atoms with Crippen LogP contribution in [0.1, 0.15) is 52.2 Å². The minimum atomic E-state index is -0.227. The van der Waals surface area contributed by atoms with Crippen molar-refractivity contribution in [2.75, 3.05) is 17.7 Å². The highest BCUT2D eigenvalue weighted by atomic mass is 16.5. The van der Waals surface area contributed by atoms with Crippen molar-refractivity contribution < 1.29 is 4.74 Å². The lowest BCUT2D eigenvalue weighted by molar-refractivity contribution is -0.0156. The molecule has 0 aliphatic carbocycles. The smallest absolute Gasteiger partial charge is 0.0939 e. The molecule has 0 radical (unpaired) electrons. The molecule has 1 aliphatic rings. The molecule has 1 aliphatic heterocycles. The van der Waals surface area contributed by atoms with Crippen LogP contribution in [0.25, 0.3) is 0 Å². The zero-order valence-electron chi connectivity index (χ0n) is 14.5. The zero-order valence-corrected chi connectivity index (χ0v) is 14.5. The first-order chi connectivity index (χ1) is 9.76. The molecule has 0 saturated carbocycles. The SMILES string of the molecule is COC1(C)CC(C(C)C)Nc2c(C)cc(NC(C)C)cc21. The predicted molar refractivity (Wildman–Crippen MR) is 91.2 cm³/mol. The third kappa shape index (κ3) is 3.18. The number of aryl methyl sites for hydroxylation is 1. The highest BCUT2D eigenvalue weighted by Crippen LogP contribution is 2.44. The Morgan fingerprint density at radius 2 is 1.95 bits per heavy atom. The topological polar surface area (TPSA) is 33.3 Å². The highest BCUT2D eigenvalue weighted by Gasteiger charge is 2.38.